The normalized spacial score (nSPS) is 11.3. The number of nitriles is 2. The van der Waals surface area contributed by atoms with Gasteiger partial charge in [0.15, 0.2) is 17.5 Å². The molecule has 0 aliphatic carbocycles. The molecule has 334 valence electrons. The van der Waals surface area contributed by atoms with Crippen LogP contribution in [-0.2, 0) is 0 Å². The zero-order valence-corrected chi connectivity index (χ0v) is 38.6. The van der Waals surface area contributed by atoms with Crippen LogP contribution in [0.5, 0.6) is 0 Å². The van der Waals surface area contributed by atoms with Crippen LogP contribution in [0.15, 0.2) is 237 Å². The van der Waals surface area contributed by atoms with Crippen LogP contribution in [0.25, 0.3) is 123 Å². The van der Waals surface area contributed by atoms with Crippen molar-refractivity contribution in [3.8, 4) is 91.1 Å². The summed E-state index contributed by atoms with van der Waals surface area (Å²) < 4.78 is 4.58. The Labute approximate surface area is 415 Å². The molecular formula is C65H39N7. The maximum Gasteiger partial charge on any atom is 0.166 e. The Morgan fingerprint density at radius 3 is 1.18 bits per heavy atom. The maximum atomic E-state index is 10.5. The van der Waals surface area contributed by atoms with Gasteiger partial charge in [-0.05, 0) is 112 Å². The Morgan fingerprint density at radius 2 is 0.653 bits per heavy atom. The first-order valence-electron chi connectivity index (χ1n) is 23.8. The molecule has 72 heavy (non-hydrogen) atoms. The molecule has 7 nitrogen and oxygen atoms in total. The Hall–Kier alpha value is -10.2. The van der Waals surface area contributed by atoms with E-state index in [9.17, 15) is 10.5 Å². The SMILES string of the molecule is N#Cc1ccc(-c2ccc(-n3c4ccccc4c4cc(-c5ccccc5)ccc43)c(-c3nc(-c4ccccc4)nc(-c4cc(C#N)ccc4-n4c5ccccc5c5cc(-c6ccccc6)ccc54)n3)c2)cc1. The molecule has 0 bridgehead atoms. The number of hydrogen-bond acceptors (Lipinski definition) is 5. The molecule has 13 rings (SSSR count). The third-order valence-electron chi connectivity index (χ3n) is 13.7. The van der Waals surface area contributed by atoms with Gasteiger partial charge < -0.3 is 9.13 Å². The van der Waals surface area contributed by atoms with E-state index in [1.54, 1.807) is 0 Å². The number of nitrogens with zero attached hydrogens (tertiary/aromatic N) is 7. The molecule has 10 aromatic carbocycles. The first-order valence-corrected chi connectivity index (χ1v) is 23.8. The fourth-order valence-corrected chi connectivity index (χ4v) is 10.2. The molecule has 0 N–H and O–H groups in total. The summed E-state index contributed by atoms with van der Waals surface area (Å²) in [6.45, 7) is 0. The number of fused-ring (bicyclic) bond motifs is 6. The van der Waals surface area contributed by atoms with E-state index >= 15 is 0 Å². The highest BCUT2D eigenvalue weighted by Gasteiger charge is 2.24. The molecule has 0 unspecified atom stereocenters. The molecular weight excluding hydrogens is 879 g/mol. The third-order valence-corrected chi connectivity index (χ3v) is 13.7. The van der Waals surface area contributed by atoms with Crippen LogP contribution < -0.4 is 0 Å². The highest BCUT2D eigenvalue weighted by atomic mass is 15.1. The Morgan fingerprint density at radius 1 is 0.278 bits per heavy atom. The van der Waals surface area contributed by atoms with Crippen molar-refractivity contribution in [1.29, 1.82) is 10.5 Å². The van der Waals surface area contributed by atoms with Crippen LogP contribution in [0.2, 0.25) is 0 Å². The van der Waals surface area contributed by atoms with Crippen molar-refractivity contribution in [1.82, 2.24) is 24.1 Å². The van der Waals surface area contributed by atoms with Gasteiger partial charge in [-0.3, -0.25) is 0 Å². The molecule has 3 heterocycles. The molecule has 0 saturated carbocycles. The average molecular weight is 918 g/mol. The topological polar surface area (TPSA) is 96.1 Å². The summed E-state index contributed by atoms with van der Waals surface area (Å²) in [7, 11) is 0. The quantitative estimate of drug-likeness (QED) is 0.151. The molecule has 0 spiro atoms. The zero-order chi connectivity index (χ0) is 48.1. The number of rotatable bonds is 8. The lowest BCUT2D eigenvalue weighted by Gasteiger charge is -2.18. The summed E-state index contributed by atoms with van der Waals surface area (Å²) >= 11 is 0. The van der Waals surface area contributed by atoms with Gasteiger partial charge in [0.2, 0.25) is 0 Å². The summed E-state index contributed by atoms with van der Waals surface area (Å²) in [5, 5.41) is 24.7. The van der Waals surface area contributed by atoms with Crippen LogP contribution >= 0.6 is 0 Å². The summed E-state index contributed by atoms with van der Waals surface area (Å²) in [5.74, 6) is 1.37. The van der Waals surface area contributed by atoms with Gasteiger partial charge in [-0.2, -0.15) is 10.5 Å². The minimum Gasteiger partial charge on any atom is -0.309 e. The smallest absolute Gasteiger partial charge is 0.166 e. The summed E-state index contributed by atoms with van der Waals surface area (Å²) in [4.78, 5) is 16.2. The number of para-hydroxylation sites is 2. The van der Waals surface area contributed by atoms with Crippen molar-refractivity contribution in [2.45, 2.75) is 0 Å². The number of hydrogen-bond donors (Lipinski definition) is 0. The first kappa shape index (κ1) is 41.9. The fourth-order valence-electron chi connectivity index (χ4n) is 10.2. The van der Waals surface area contributed by atoms with Crippen molar-refractivity contribution in [3.05, 3.63) is 248 Å². The van der Waals surface area contributed by atoms with Crippen LogP contribution in [0.4, 0.5) is 0 Å². The second-order valence-electron chi connectivity index (χ2n) is 17.8. The molecule has 0 aliphatic heterocycles. The van der Waals surface area contributed by atoms with Crippen molar-refractivity contribution in [2.75, 3.05) is 0 Å². The standard InChI is InChI=1S/C65H39N7/c66-40-42-24-27-46(28-25-42)50-31-35-62(72-58-23-13-11-21-52(58)54-38-49(30-34-60(54)72)45-16-6-2-7-17-45)56(39-50)65-69-63(47-18-8-3-9-19-47)68-64(70-65)55-36-43(41-67)26-32-61(55)71-57-22-12-10-20-51(57)53-37-48(29-33-59(53)71)44-14-4-1-5-15-44/h1-39H. The van der Waals surface area contributed by atoms with E-state index in [0.29, 0.717) is 34.2 Å². The largest absolute Gasteiger partial charge is 0.309 e. The molecule has 0 amide bonds. The molecule has 3 aromatic heterocycles. The Balaban J connectivity index is 1.08. The molecule has 0 saturated heterocycles. The van der Waals surface area contributed by atoms with Crippen molar-refractivity contribution in [3.63, 3.8) is 0 Å². The molecule has 13 aromatic rings. The Bertz CT molecular complexity index is 4330. The summed E-state index contributed by atoms with van der Waals surface area (Å²) in [6.07, 6.45) is 0. The van der Waals surface area contributed by atoms with E-state index in [2.05, 4.69) is 173 Å². The molecule has 0 atom stereocenters. The van der Waals surface area contributed by atoms with Crippen molar-refractivity contribution < 1.29 is 0 Å². The summed E-state index contributed by atoms with van der Waals surface area (Å²) in [6, 6.07) is 85.6. The lowest BCUT2D eigenvalue weighted by atomic mass is 9.99. The van der Waals surface area contributed by atoms with Gasteiger partial charge in [-0.25, -0.2) is 15.0 Å². The van der Waals surface area contributed by atoms with E-state index in [-0.39, 0.29) is 0 Å². The number of aromatic nitrogens is 5. The third kappa shape index (κ3) is 7.17. The lowest BCUT2D eigenvalue weighted by molar-refractivity contribution is 1.06. The van der Waals surface area contributed by atoms with Gasteiger partial charge >= 0.3 is 0 Å². The molecule has 0 aliphatic rings. The summed E-state index contributed by atoms with van der Waals surface area (Å²) in [5.41, 5.74) is 15.6. The van der Waals surface area contributed by atoms with Gasteiger partial charge in [-0.1, -0.05) is 158 Å². The molecule has 0 radical (unpaired) electrons. The van der Waals surface area contributed by atoms with E-state index in [1.165, 1.54) is 0 Å². The van der Waals surface area contributed by atoms with Crippen LogP contribution in [0, 0.1) is 22.7 Å². The molecule has 7 heteroatoms. The monoisotopic (exact) mass is 917 g/mol. The van der Waals surface area contributed by atoms with Crippen LogP contribution in [-0.4, -0.2) is 24.1 Å². The molecule has 0 fully saturated rings. The average Bonchev–Trinajstić information content (AvgIpc) is 3.97. The van der Waals surface area contributed by atoms with Gasteiger partial charge in [0.25, 0.3) is 0 Å². The number of benzene rings is 10. The van der Waals surface area contributed by atoms with E-state index < -0.39 is 0 Å². The minimum absolute atomic E-state index is 0.419. The Kier molecular flexibility index (Phi) is 10.1. The second-order valence-corrected chi connectivity index (χ2v) is 17.8. The first-order chi connectivity index (χ1) is 35.6. The van der Waals surface area contributed by atoms with Gasteiger partial charge in [0.1, 0.15) is 0 Å². The van der Waals surface area contributed by atoms with E-state index in [1.807, 2.05) is 84.9 Å². The van der Waals surface area contributed by atoms with Gasteiger partial charge in [0.05, 0.1) is 56.7 Å². The fraction of sp³-hybridized carbons (Fsp3) is 0. The minimum atomic E-state index is 0.419. The highest BCUT2D eigenvalue weighted by molar-refractivity contribution is 6.12. The van der Waals surface area contributed by atoms with Gasteiger partial charge in [-0.15, -0.1) is 0 Å². The maximum absolute atomic E-state index is 10.5. The highest BCUT2D eigenvalue weighted by Crippen LogP contribution is 2.42. The van der Waals surface area contributed by atoms with Gasteiger partial charge in [0, 0.05) is 38.2 Å². The predicted molar refractivity (Wildman–Crippen MR) is 291 cm³/mol. The lowest BCUT2D eigenvalue weighted by Crippen LogP contribution is -2.06. The zero-order valence-electron chi connectivity index (χ0n) is 38.6. The second kappa shape index (κ2) is 17.4. The van der Waals surface area contributed by atoms with E-state index in [0.717, 1.165) is 99.5 Å². The predicted octanol–water partition coefficient (Wildman–Crippen LogP) is 15.8. The van der Waals surface area contributed by atoms with Crippen molar-refractivity contribution >= 4 is 43.6 Å². The van der Waals surface area contributed by atoms with Crippen molar-refractivity contribution in [2.24, 2.45) is 0 Å². The van der Waals surface area contributed by atoms with E-state index in [4.69, 9.17) is 15.0 Å². The van der Waals surface area contributed by atoms with Crippen LogP contribution in [0.1, 0.15) is 11.1 Å². The van der Waals surface area contributed by atoms with Crippen LogP contribution in [0.3, 0.4) is 0 Å².